The van der Waals surface area contributed by atoms with Crippen molar-refractivity contribution >= 4 is 11.7 Å². The SMILES string of the molecule is CC(NC(=O)Nc1cnc(C(C)(C)C)nc1)C1CCCO1. The van der Waals surface area contributed by atoms with Gasteiger partial charge in [0.15, 0.2) is 0 Å². The summed E-state index contributed by atoms with van der Waals surface area (Å²) >= 11 is 0. The van der Waals surface area contributed by atoms with Crippen molar-refractivity contribution in [1.29, 1.82) is 0 Å². The number of hydrogen-bond acceptors (Lipinski definition) is 4. The molecule has 0 aliphatic carbocycles. The van der Waals surface area contributed by atoms with Gasteiger partial charge in [-0.05, 0) is 19.8 Å². The molecule has 0 radical (unpaired) electrons. The Labute approximate surface area is 125 Å². The van der Waals surface area contributed by atoms with E-state index in [0.29, 0.717) is 5.69 Å². The number of amides is 2. The van der Waals surface area contributed by atoms with E-state index in [9.17, 15) is 4.79 Å². The van der Waals surface area contributed by atoms with Crippen LogP contribution in [0.1, 0.15) is 46.4 Å². The summed E-state index contributed by atoms with van der Waals surface area (Å²) in [7, 11) is 0. The molecule has 1 fully saturated rings. The number of rotatable bonds is 3. The Morgan fingerprint density at radius 2 is 2.05 bits per heavy atom. The van der Waals surface area contributed by atoms with Crippen molar-refractivity contribution < 1.29 is 9.53 Å². The van der Waals surface area contributed by atoms with E-state index in [-0.39, 0.29) is 23.6 Å². The number of ether oxygens (including phenoxy) is 1. The highest BCUT2D eigenvalue weighted by atomic mass is 16.5. The molecule has 0 aromatic carbocycles. The van der Waals surface area contributed by atoms with Gasteiger partial charge in [-0.15, -0.1) is 0 Å². The van der Waals surface area contributed by atoms with E-state index in [0.717, 1.165) is 25.3 Å². The second kappa shape index (κ2) is 6.39. The molecule has 1 aromatic rings. The van der Waals surface area contributed by atoms with Gasteiger partial charge in [-0.3, -0.25) is 0 Å². The van der Waals surface area contributed by atoms with Crippen molar-refractivity contribution in [3.05, 3.63) is 18.2 Å². The highest BCUT2D eigenvalue weighted by Gasteiger charge is 2.23. The fraction of sp³-hybridized carbons (Fsp3) is 0.667. The van der Waals surface area contributed by atoms with Crippen LogP contribution in [0, 0.1) is 0 Å². The number of carbonyl (C=O) groups excluding carboxylic acids is 1. The van der Waals surface area contributed by atoms with Crippen molar-refractivity contribution in [1.82, 2.24) is 15.3 Å². The number of nitrogens with zero attached hydrogens (tertiary/aromatic N) is 2. The van der Waals surface area contributed by atoms with Gasteiger partial charge in [0, 0.05) is 12.0 Å². The summed E-state index contributed by atoms with van der Waals surface area (Å²) in [5.41, 5.74) is 0.481. The maximum absolute atomic E-state index is 11.9. The van der Waals surface area contributed by atoms with Gasteiger partial charge in [-0.1, -0.05) is 20.8 Å². The first-order chi connectivity index (χ1) is 9.86. The summed E-state index contributed by atoms with van der Waals surface area (Å²) in [5.74, 6) is 0.751. The van der Waals surface area contributed by atoms with Crippen LogP contribution in [0.4, 0.5) is 10.5 Å². The molecule has 2 atom stereocenters. The van der Waals surface area contributed by atoms with E-state index in [2.05, 4.69) is 20.6 Å². The second-order valence-corrected chi connectivity index (χ2v) is 6.48. The predicted molar refractivity (Wildman–Crippen MR) is 81.3 cm³/mol. The van der Waals surface area contributed by atoms with Gasteiger partial charge in [0.25, 0.3) is 0 Å². The molecular formula is C15H24N4O2. The standard InChI is InChI=1S/C15H24N4O2/c1-10(12-6-5-7-21-12)18-14(20)19-11-8-16-13(17-9-11)15(2,3)4/h8-10,12H,5-7H2,1-4H3,(H2,18,19,20). The maximum Gasteiger partial charge on any atom is 0.319 e. The third-order valence-electron chi connectivity index (χ3n) is 3.46. The van der Waals surface area contributed by atoms with E-state index in [4.69, 9.17) is 4.74 Å². The quantitative estimate of drug-likeness (QED) is 0.897. The molecule has 2 rings (SSSR count). The Morgan fingerprint density at radius 3 is 2.57 bits per heavy atom. The van der Waals surface area contributed by atoms with Crippen LogP contribution in [-0.2, 0) is 10.2 Å². The number of carbonyl (C=O) groups is 1. The lowest BCUT2D eigenvalue weighted by atomic mass is 9.96. The second-order valence-electron chi connectivity index (χ2n) is 6.48. The molecule has 116 valence electrons. The molecular weight excluding hydrogens is 268 g/mol. The topological polar surface area (TPSA) is 76.1 Å². The zero-order valence-corrected chi connectivity index (χ0v) is 13.1. The molecule has 1 aromatic heterocycles. The van der Waals surface area contributed by atoms with Gasteiger partial charge in [0.2, 0.25) is 0 Å². The monoisotopic (exact) mass is 292 g/mol. The third kappa shape index (κ3) is 4.39. The van der Waals surface area contributed by atoms with Gasteiger partial charge in [-0.2, -0.15) is 0 Å². The predicted octanol–water partition coefficient (Wildman–Crippen LogP) is 2.46. The molecule has 21 heavy (non-hydrogen) atoms. The zero-order chi connectivity index (χ0) is 15.5. The average molecular weight is 292 g/mol. The van der Waals surface area contributed by atoms with Gasteiger partial charge in [0.1, 0.15) is 5.82 Å². The number of hydrogen-bond donors (Lipinski definition) is 2. The van der Waals surface area contributed by atoms with E-state index >= 15 is 0 Å². The van der Waals surface area contributed by atoms with Crippen molar-refractivity contribution in [3.63, 3.8) is 0 Å². The molecule has 2 amide bonds. The normalized spacial score (nSPS) is 20.1. The number of aromatic nitrogens is 2. The number of urea groups is 1. The smallest absolute Gasteiger partial charge is 0.319 e. The summed E-state index contributed by atoms with van der Waals surface area (Å²) < 4.78 is 5.55. The average Bonchev–Trinajstić information content (AvgIpc) is 2.92. The van der Waals surface area contributed by atoms with Crippen LogP contribution in [0.2, 0.25) is 0 Å². The van der Waals surface area contributed by atoms with Gasteiger partial charge >= 0.3 is 6.03 Å². The molecule has 2 heterocycles. The van der Waals surface area contributed by atoms with Crippen molar-refractivity contribution in [3.8, 4) is 0 Å². The molecule has 0 saturated carbocycles. The van der Waals surface area contributed by atoms with E-state index < -0.39 is 0 Å². The van der Waals surface area contributed by atoms with Gasteiger partial charge in [0.05, 0.1) is 30.2 Å². The minimum absolute atomic E-state index is 0.0118. The maximum atomic E-state index is 11.9. The Bertz CT molecular complexity index is 475. The van der Waals surface area contributed by atoms with E-state index in [1.165, 1.54) is 0 Å². The lowest BCUT2D eigenvalue weighted by Crippen LogP contribution is -2.43. The molecule has 0 spiro atoms. The number of nitrogens with one attached hydrogen (secondary N) is 2. The van der Waals surface area contributed by atoms with Crippen LogP contribution in [-0.4, -0.2) is 34.8 Å². The van der Waals surface area contributed by atoms with E-state index in [1.807, 2.05) is 27.7 Å². The van der Waals surface area contributed by atoms with E-state index in [1.54, 1.807) is 12.4 Å². The van der Waals surface area contributed by atoms with Crippen LogP contribution < -0.4 is 10.6 Å². The summed E-state index contributed by atoms with van der Waals surface area (Å²) in [4.78, 5) is 20.5. The highest BCUT2D eigenvalue weighted by Crippen LogP contribution is 2.18. The summed E-state index contributed by atoms with van der Waals surface area (Å²) in [6, 6.07) is -0.271. The molecule has 1 aliphatic heterocycles. The van der Waals surface area contributed by atoms with Crippen LogP contribution >= 0.6 is 0 Å². The molecule has 1 aliphatic rings. The minimum atomic E-state index is -0.259. The molecule has 1 saturated heterocycles. The lowest BCUT2D eigenvalue weighted by molar-refractivity contribution is 0.0868. The molecule has 6 heteroatoms. The fourth-order valence-electron chi connectivity index (χ4n) is 2.24. The van der Waals surface area contributed by atoms with Crippen molar-refractivity contribution in [2.24, 2.45) is 0 Å². The van der Waals surface area contributed by atoms with Gasteiger partial charge in [-0.25, -0.2) is 14.8 Å². The Hall–Kier alpha value is -1.69. The van der Waals surface area contributed by atoms with Crippen LogP contribution in [0.5, 0.6) is 0 Å². The van der Waals surface area contributed by atoms with Crippen molar-refractivity contribution in [2.45, 2.75) is 58.1 Å². The third-order valence-corrected chi connectivity index (χ3v) is 3.46. The zero-order valence-electron chi connectivity index (χ0n) is 13.1. The first-order valence-corrected chi connectivity index (χ1v) is 7.38. The molecule has 2 unspecified atom stereocenters. The van der Waals surface area contributed by atoms with Crippen molar-refractivity contribution in [2.75, 3.05) is 11.9 Å². The molecule has 6 nitrogen and oxygen atoms in total. The Morgan fingerprint density at radius 1 is 1.38 bits per heavy atom. The first kappa shape index (κ1) is 15.7. The lowest BCUT2D eigenvalue weighted by Gasteiger charge is -2.20. The Balaban J connectivity index is 1.87. The van der Waals surface area contributed by atoms with Crippen LogP contribution in [0.3, 0.4) is 0 Å². The number of anilines is 1. The highest BCUT2D eigenvalue weighted by molar-refractivity contribution is 5.89. The largest absolute Gasteiger partial charge is 0.376 e. The summed E-state index contributed by atoms with van der Waals surface area (Å²) in [6.45, 7) is 8.87. The van der Waals surface area contributed by atoms with Crippen LogP contribution in [0.15, 0.2) is 12.4 Å². The minimum Gasteiger partial charge on any atom is -0.376 e. The fourth-order valence-corrected chi connectivity index (χ4v) is 2.24. The first-order valence-electron chi connectivity index (χ1n) is 7.38. The summed E-state index contributed by atoms with van der Waals surface area (Å²) in [6.07, 6.45) is 5.41. The van der Waals surface area contributed by atoms with Gasteiger partial charge < -0.3 is 15.4 Å². The molecule has 0 bridgehead atoms. The molecule has 2 N–H and O–H groups in total. The van der Waals surface area contributed by atoms with Crippen LogP contribution in [0.25, 0.3) is 0 Å². The Kier molecular flexibility index (Phi) is 4.77. The summed E-state index contributed by atoms with van der Waals surface area (Å²) in [5, 5.41) is 5.63.